The first-order valence-electron chi connectivity index (χ1n) is 5.89. The second-order valence-corrected chi connectivity index (χ2v) is 4.06. The molecule has 88 valence electrons. The van der Waals surface area contributed by atoms with Crippen molar-refractivity contribution in [3.05, 3.63) is 54.0 Å². The van der Waals surface area contributed by atoms with E-state index in [9.17, 15) is 0 Å². The van der Waals surface area contributed by atoms with Crippen LogP contribution in [0, 0.1) is 6.92 Å². The number of anilines is 1. The molecule has 0 spiro atoms. The largest absolute Gasteiger partial charge is 0.363 e. The Bertz CT molecular complexity index is 468. The van der Waals surface area contributed by atoms with E-state index >= 15 is 0 Å². The van der Waals surface area contributed by atoms with E-state index in [1.54, 1.807) is 6.33 Å². The molecule has 1 heterocycles. The van der Waals surface area contributed by atoms with Gasteiger partial charge < -0.3 is 5.32 Å². The summed E-state index contributed by atoms with van der Waals surface area (Å²) >= 11 is 0. The van der Waals surface area contributed by atoms with Crippen LogP contribution in [0.4, 0.5) is 5.82 Å². The summed E-state index contributed by atoms with van der Waals surface area (Å²) in [5.41, 5.74) is 2.26. The molecule has 0 saturated heterocycles. The molecule has 1 N–H and O–H groups in total. The van der Waals surface area contributed by atoms with Gasteiger partial charge in [0.05, 0.1) is 6.04 Å². The van der Waals surface area contributed by atoms with E-state index in [2.05, 4.69) is 46.5 Å². The lowest BCUT2D eigenvalue weighted by molar-refractivity contribution is 0.743. The number of nitrogens with zero attached hydrogens (tertiary/aromatic N) is 2. The van der Waals surface area contributed by atoms with Gasteiger partial charge in [-0.15, -0.1) is 0 Å². The van der Waals surface area contributed by atoms with E-state index in [4.69, 9.17) is 0 Å². The molecule has 0 aliphatic heterocycles. The second-order valence-electron chi connectivity index (χ2n) is 4.06. The molecule has 2 rings (SSSR count). The third-order valence-electron chi connectivity index (χ3n) is 2.74. The molecule has 0 fully saturated rings. The van der Waals surface area contributed by atoms with Gasteiger partial charge in [-0.1, -0.05) is 37.3 Å². The number of hydrogen-bond donors (Lipinski definition) is 1. The Kier molecular flexibility index (Phi) is 3.70. The summed E-state index contributed by atoms with van der Waals surface area (Å²) in [4.78, 5) is 8.33. The molecule has 1 atom stereocenters. The van der Waals surface area contributed by atoms with Gasteiger partial charge in [0.25, 0.3) is 0 Å². The Hall–Kier alpha value is -1.90. The summed E-state index contributed by atoms with van der Waals surface area (Å²) in [6.07, 6.45) is 2.61. The molecule has 0 saturated carbocycles. The summed E-state index contributed by atoms with van der Waals surface area (Å²) in [5.74, 6) is 0.883. The van der Waals surface area contributed by atoms with Gasteiger partial charge in [0.2, 0.25) is 0 Å². The summed E-state index contributed by atoms with van der Waals surface area (Å²) in [6.45, 7) is 4.13. The molecule has 0 bridgehead atoms. The van der Waals surface area contributed by atoms with E-state index in [0.717, 1.165) is 17.9 Å². The lowest BCUT2D eigenvalue weighted by atomic mass is 10.0. The third kappa shape index (κ3) is 3.03. The first-order chi connectivity index (χ1) is 8.29. The van der Waals surface area contributed by atoms with Crippen molar-refractivity contribution in [1.29, 1.82) is 0 Å². The average Bonchev–Trinajstić information content (AvgIpc) is 2.37. The zero-order chi connectivity index (χ0) is 12.1. The second kappa shape index (κ2) is 5.43. The van der Waals surface area contributed by atoms with Gasteiger partial charge in [-0.05, 0) is 18.9 Å². The Morgan fingerprint density at radius 2 is 1.94 bits per heavy atom. The molecule has 17 heavy (non-hydrogen) atoms. The van der Waals surface area contributed by atoms with Crippen LogP contribution in [0.15, 0.2) is 42.7 Å². The molecule has 0 aliphatic rings. The topological polar surface area (TPSA) is 37.8 Å². The minimum Gasteiger partial charge on any atom is -0.363 e. The molecule has 0 aliphatic carbocycles. The molecule has 2 aromatic rings. The van der Waals surface area contributed by atoms with Crippen molar-refractivity contribution >= 4 is 5.82 Å². The van der Waals surface area contributed by atoms with E-state index in [0.29, 0.717) is 6.04 Å². The summed E-state index contributed by atoms with van der Waals surface area (Å²) < 4.78 is 0. The van der Waals surface area contributed by atoms with Gasteiger partial charge >= 0.3 is 0 Å². The fourth-order valence-electron chi connectivity index (χ4n) is 1.82. The highest BCUT2D eigenvalue weighted by Gasteiger charge is 2.08. The Morgan fingerprint density at radius 1 is 1.18 bits per heavy atom. The Balaban J connectivity index is 2.16. The van der Waals surface area contributed by atoms with Crippen LogP contribution in [0.1, 0.15) is 30.6 Å². The highest BCUT2D eigenvalue weighted by Crippen LogP contribution is 2.20. The smallest absolute Gasteiger partial charge is 0.130 e. The maximum atomic E-state index is 4.23. The number of nitrogens with one attached hydrogen (secondary N) is 1. The van der Waals surface area contributed by atoms with E-state index < -0.39 is 0 Å². The zero-order valence-electron chi connectivity index (χ0n) is 10.2. The van der Waals surface area contributed by atoms with Gasteiger partial charge in [-0.3, -0.25) is 0 Å². The highest BCUT2D eigenvalue weighted by atomic mass is 15.0. The molecule has 1 aromatic heterocycles. The first-order valence-corrected chi connectivity index (χ1v) is 5.89. The highest BCUT2D eigenvalue weighted by molar-refractivity contribution is 5.38. The summed E-state index contributed by atoms with van der Waals surface area (Å²) in [7, 11) is 0. The van der Waals surface area contributed by atoms with Gasteiger partial charge in [0.1, 0.15) is 12.1 Å². The van der Waals surface area contributed by atoms with E-state index in [1.165, 1.54) is 5.56 Å². The number of aromatic nitrogens is 2. The summed E-state index contributed by atoms with van der Waals surface area (Å²) in [5, 5.41) is 3.43. The van der Waals surface area contributed by atoms with Gasteiger partial charge in [0.15, 0.2) is 0 Å². The molecule has 0 amide bonds. The predicted octanol–water partition coefficient (Wildman–Crippen LogP) is 3.35. The standard InChI is InChI=1S/C14H17N3/c1-3-13(12-7-5-4-6-8-12)17-14-9-11(2)15-10-16-14/h4-10,13H,3H2,1-2H3,(H,15,16,17). The zero-order valence-corrected chi connectivity index (χ0v) is 10.2. The van der Waals surface area contributed by atoms with Crippen molar-refractivity contribution in [1.82, 2.24) is 9.97 Å². The SMILES string of the molecule is CCC(Nc1cc(C)ncn1)c1ccccc1. The van der Waals surface area contributed by atoms with E-state index in [-0.39, 0.29) is 0 Å². The predicted molar refractivity (Wildman–Crippen MR) is 69.9 cm³/mol. The van der Waals surface area contributed by atoms with Gasteiger partial charge in [0, 0.05) is 11.8 Å². The molecule has 3 heteroatoms. The van der Waals surface area contributed by atoms with E-state index in [1.807, 2.05) is 19.1 Å². The van der Waals surface area contributed by atoms with Gasteiger partial charge in [-0.2, -0.15) is 0 Å². The van der Waals surface area contributed by atoms with Crippen molar-refractivity contribution in [3.8, 4) is 0 Å². The minimum absolute atomic E-state index is 0.297. The van der Waals surface area contributed by atoms with Crippen LogP contribution in [0.2, 0.25) is 0 Å². The van der Waals surface area contributed by atoms with Crippen LogP contribution < -0.4 is 5.32 Å². The van der Waals surface area contributed by atoms with Crippen molar-refractivity contribution < 1.29 is 0 Å². The molecule has 0 radical (unpaired) electrons. The quantitative estimate of drug-likeness (QED) is 0.870. The fourth-order valence-corrected chi connectivity index (χ4v) is 1.82. The lowest BCUT2D eigenvalue weighted by Crippen LogP contribution is -2.10. The van der Waals surface area contributed by atoms with Crippen LogP contribution in [0.3, 0.4) is 0 Å². The average molecular weight is 227 g/mol. The Morgan fingerprint density at radius 3 is 2.59 bits per heavy atom. The van der Waals surface area contributed by atoms with Crippen LogP contribution in [0.25, 0.3) is 0 Å². The van der Waals surface area contributed by atoms with Crippen LogP contribution in [-0.2, 0) is 0 Å². The van der Waals surface area contributed by atoms with Crippen LogP contribution in [-0.4, -0.2) is 9.97 Å². The summed E-state index contributed by atoms with van der Waals surface area (Å²) in [6, 6.07) is 12.7. The third-order valence-corrected chi connectivity index (χ3v) is 2.74. The molecular weight excluding hydrogens is 210 g/mol. The maximum absolute atomic E-state index is 4.23. The normalized spacial score (nSPS) is 12.1. The van der Waals surface area contributed by atoms with Crippen molar-refractivity contribution in [2.75, 3.05) is 5.32 Å². The first kappa shape index (κ1) is 11.6. The van der Waals surface area contributed by atoms with Crippen molar-refractivity contribution in [2.24, 2.45) is 0 Å². The number of rotatable bonds is 4. The molecule has 1 aromatic carbocycles. The lowest BCUT2D eigenvalue weighted by Gasteiger charge is -2.18. The maximum Gasteiger partial charge on any atom is 0.130 e. The van der Waals surface area contributed by atoms with Crippen LogP contribution in [0.5, 0.6) is 0 Å². The van der Waals surface area contributed by atoms with Crippen molar-refractivity contribution in [3.63, 3.8) is 0 Å². The number of aryl methyl sites for hydroxylation is 1. The fraction of sp³-hybridized carbons (Fsp3) is 0.286. The number of benzene rings is 1. The molecular formula is C14H17N3. The molecule has 1 unspecified atom stereocenters. The molecule has 3 nitrogen and oxygen atoms in total. The van der Waals surface area contributed by atoms with Crippen molar-refractivity contribution in [2.45, 2.75) is 26.3 Å². The Labute approximate surface area is 102 Å². The van der Waals surface area contributed by atoms with Gasteiger partial charge in [-0.25, -0.2) is 9.97 Å². The minimum atomic E-state index is 0.297. The number of hydrogen-bond acceptors (Lipinski definition) is 3. The van der Waals surface area contributed by atoms with Crippen LogP contribution >= 0.6 is 0 Å². The monoisotopic (exact) mass is 227 g/mol.